The van der Waals surface area contributed by atoms with Crippen LogP contribution in [0.15, 0.2) is 87.8 Å². The number of hydrogen-bond donors (Lipinski definition) is 4. The minimum Gasteiger partial charge on any atom is -0.805 e. The topological polar surface area (TPSA) is 452 Å². The van der Waals surface area contributed by atoms with Gasteiger partial charge < -0.3 is 44.6 Å². The van der Waals surface area contributed by atoms with Crippen molar-refractivity contribution in [2.75, 3.05) is 22.9 Å². The van der Waals surface area contributed by atoms with Crippen LogP contribution in [0.25, 0.3) is 21.6 Å². The number of nitrogens with zero attached hydrogens (tertiary/aromatic N) is 10. The third-order valence-electron chi connectivity index (χ3n) is 15.8. The van der Waals surface area contributed by atoms with Gasteiger partial charge in [-0.15, -0.1) is 0 Å². The summed E-state index contributed by atoms with van der Waals surface area (Å²) in [6, 6.07) is 5.99. The van der Waals surface area contributed by atoms with Crippen molar-refractivity contribution in [3.05, 3.63) is 307 Å². The number of nitro groups is 6. The molecule has 0 unspecified atom stereocenters. The molecule has 8 N–H and O–H groups in total. The summed E-state index contributed by atoms with van der Waals surface area (Å²) in [6.45, 7) is 17.1. The van der Waals surface area contributed by atoms with E-state index < -0.39 is 222 Å². The van der Waals surface area contributed by atoms with Gasteiger partial charge in [0, 0.05) is 87.7 Å². The fourth-order valence-corrected chi connectivity index (χ4v) is 10.2. The van der Waals surface area contributed by atoms with Gasteiger partial charge >= 0.3 is 34.1 Å². The average molecular weight is 2100 g/mol. The molecule has 2 aliphatic rings. The molecule has 0 atom stereocenters. The van der Waals surface area contributed by atoms with Crippen LogP contribution in [0.1, 0.15) is 83.3 Å². The van der Waals surface area contributed by atoms with Crippen LogP contribution in [-0.2, 0) is 65.4 Å². The van der Waals surface area contributed by atoms with E-state index in [1.165, 1.54) is 81.4 Å². The van der Waals surface area contributed by atoms with E-state index in [1.807, 2.05) is 0 Å². The van der Waals surface area contributed by atoms with Crippen molar-refractivity contribution >= 4 is 143 Å². The second-order valence-electron chi connectivity index (χ2n) is 23.2. The number of nitrogens with two attached hydrogens (primary N) is 4. The first-order valence-corrected chi connectivity index (χ1v) is 33.7. The van der Waals surface area contributed by atoms with Crippen molar-refractivity contribution < 1.29 is 174 Å². The first-order valence-electron chi connectivity index (χ1n) is 30.6. The summed E-state index contributed by atoms with van der Waals surface area (Å²) in [7, 11) is 0. The molecule has 118 heavy (non-hydrogen) atoms. The zero-order valence-electron chi connectivity index (χ0n) is 62.5. The van der Waals surface area contributed by atoms with Crippen LogP contribution in [0.3, 0.4) is 0 Å². The summed E-state index contributed by atoms with van der Waals surface area (Å²) in [6.07, 6.45) is 0. The maximum Gasteiger partial charge on any atom is 0.364 e. The summed E-state index contributed by atoms with van der Waals surface area (Å²) in [4.78, 5) is 56.6. The van der Waals surface area contributed by atoms with Gasteiger partial charge in [0.05, 0.1) is 83.5 Å². The smallest absolute Gasteiger partial charge is 0.364 e. The molecule has 632 valence electrons. The Balaban J connectivity index is 0. The number of nitro benzene ring substituents is 6. The van der Waals surface area contributed by atoms with Crippen LogP contribution in [0.5, 0.6) is 0 Å². The van der Waals surface area contributed by atoms with Gasteiger partial charge in [0.1, 0.15) is 8.95 Å². The Morgan fingerprint density at radius 3 is 0.559 bits per heavy atom. The van der Waals surface area contributed by atoms with Crippen molar-refractivity contribution in [1.82, 2.24) is 0 Å². The molecule has 0 saturated carbocycles. The van der Waals surface area contributed by atoms with Crippen molar-refractivity contribution in [2.24, 2.45) is 0 Å². The molecule has 2 radical (unpaired) electrons. The summed E-state index contributed by atoms with van der Waals surface area (Å²) >= 11 is 10.5. The summed E-state index contributed by atoms with van der Waals surface area (Å²) in [5.74, 6) is -20.2. The molecule has 7 aromatic carbocycles. The standard InChI is InChI=1S/2C8H6F2N2O4.2C8H10F2N2.2C8H6F2N2.C8H8F2.C6Br2F2N2O4.C6H2Br2F2.2Y/c2*1-3-5(9)6(10)4(2)8(12(15)16)7(3)11(13)14;4*1-3-5(9)6(10)4(2)8(12)7(3)11;1-5-3-4-6(2)8(10)7(5)9;7-1-3(9)4(10)2(8)6(12(15)16)5(1)11(13)14;7-3-1-2-4(8)6(10)5(3)9;;/h2*1-2H3;2*11-12H2,1-2H3;2*1-2H3;3-4H,1-2H3;;1-2H;;/q;;;;2*-2;;;;;. The van der Waals surface area contributed by atoms with E-state index >= 15 is 0 Å². The zero-order chi connectivity index (χ0) is 91.2. The van der Waals surface area contributed by atoms with Crippen LogP contribution in [-0.4, -0.2) is 52.4 Å². The molecule has 0 saturated heterocycles. The van der Waals surface area contributed by atoms with Crippen LogP contribution >= 0.6 is 63.7 Å². The number of allylic oxidation sites excluding steroid dienone is 8. The Kier molecular flexibility index (Phi) is 43.4. The molecular weight excluding hydrogens is 2040 g/mol. The largest absolute Gasteiger partial charge is 0.805 e. The zero-order valence-corrected chi connectivity index (χ0v) is 74.5. The van der Waals surface area contributed by atoms with E-state index in [2.05, 4.69) is 63.7 Å². The van der Waals surface area contributed by atoms with Crippen LogP contribution in [0.2, 0.25) is 0 Å². The number of hydrogen-bond acceptors (Lipinski definition) is 16. The summed E-state index contributed by atoms with van der Waals surface area (Å²) < 4.78 is 230. The third-order valence-corrected chi connectivity index (χ3v) is 18.5. The minimum absolute atomic E-state index is 0. The molecule has 0 heterocycles. The van der Waals surface area contributed by atoms with Gasteiger partial charge in [-0.25, -0.2) is 79.0 Å². The molecule has 7 aromatic rings. The van der Waals surface area contributed by atoms with Gasteiger partial charge in [0.25, 0.3) is 0 Å². The molecule has 50 heteroatoms. The van der Waals surface area contributed by atoms with Gasteiger partial charge in [0.2, 0.25) is 0 Å². The number of halogens is 22. The van der Waals surface area contributed by atoms with E-state index in [0.717, 1.165) is 27.7 Å². The van der Waals surface area contributed by atoms with E-state index in [1.54, 1.807) is 12.1 Å². The van der Waals surface area contributed by atoms with Crippen molar-refractivity contribution in [3.63, 3.8) is 0 Å². The second kappa shape index (κ2) is 46.3. The van der Waals surface area contributed by atoms with Gasteiger partial charge in [0.15, 0.2) is 105 Å². The van der Waals surface area contributed by atoms with E-state index in [-0.39, 0.29) is 142 Å². The predicted molar refractivity (Wildman–Crippen MR) is 409 cm³/mol. The van der Waals surface area contributed by atoms with Gasteiger partial charge in [-0.1, -0.05) is 12.1 Å². The van der Waals surface area contributed by atoms with Crippen molar-refractivity contribution in [2.45, 2.75) is 96.9 Å². The van der Waals surface area contributed by atoms with E-state index in [9.17, 15) is 140 Å². The molecule has 0 aromatic heterocycles. The number of aryl methyl sites for hydroxylation is 2. The van der Waals surface area contributed by atoms with Crippen molar-refractivity contribution in [1.29, 1.82) is 0 Å². The molecule has 0 fully saturated rings. The summed E-state index contributed by atoms with van der Waals surface area (Å²) in [5, 5.41) is 99.5. The molecule has 2 aliphatic carbocycles. The predicted octanol–water partition coefficient (Wildman–Crippen LogP) is 22.7. The molecule has 0 bridgehead atoms. The summed E-state index contributed by atoms with van der Waals surface area (Å²) in [5.41, 5.74) is 10.5. The van der Waals surface area contributed by atoms with Crippen LogP contribution in [0, 0.1) is 211 Å². The van der Waals surface area contributed by atoms with E-state index in [0.29, 0.717) is 11.1 Å². The normalized spacial score (nSPS) is 11.9. The number of anilines is 4. The number of rotatable bonds is 6. The molecule has 9 rings (SSSR count). The van der Waals surface area contributed by atoms with Crippen molar-refractivity contribution in [3.8, 4) is 0 Å². The monoisotopic (exact) mass is 2090 g/mol. The van der Waals surface area contributed by atoms with Crippen LogP contribution < -0.4 is 22.9 Å². The second-order valence-corrected chi connectivity index (χ2v) is 26.5. The fraction of sp³-hybridized carbons (Fsp3) is 0.206. The Morgan fingerprint density at radius 2 is 0.407 bits per heavy atom. The number of nitrogen functional groups attached to an aromatic ring is 4. The fourth-order valence-electron chi connectivity index (χ4n) is 8.59. The Labute approximate surface area is 738 Å². The molecule has 26 nitrogen and oxygen atoms in total. The van der Waals surface area contributed by atoms with Gasteiger partial charge in [-0.3, -0.25) is 60.7 Å². The SMILES string of the molecule is CC1=C(F)C(F)=C(C)C(=[N-])C1=[N-].CC1=C(F)C(F)=C(C)C(=[N-])C1=[N-].Cc1c(F)c(F)c(C)c([N+](=O)[O-])c1[N+](=O)[O-].Cc1c(F)c(F)c(C)c([N+](=O)[O-])c1[N+](=O)[O-].Cc1c(N)c(N)c(C)c(F)c1F.Cc1c(N)c(N)c(C)c(F)c1F.Cc1ccc(C)c(F)c1F.Fc1c(Br)ccc(Br)c1F.O=[N+]([O-])c1c(Br)c(F)c(F)c(Br)c1[N+](=O)[O-].[Y].[Y]. The maximum absolute atomic E-state index is 13.2. The van der Waals surface area contributed by atoms with Gasteiger partial charge in [-0.05, 0) is 206 Å². The average Bonchev–Trinajstić information content (AvgIpc) is 0.768. The van der Waals surface area contributed by atoms with Gasteiger partial charge in [-0.2, -0.15) is 22.8 Å². The van der Waals surface area contributed by atoms with E-state index in [4.69, 9.17) is 44.6 Å². The Hall–Kier alpha value is -9.35. The Bertz CT molecular complexity index is 4570. The quantitative estimate of drug-likeness (QED) is 0.0228. The first kappa shape index (κ1) is 111. The third kappa shape index (κ3) is 25.4. The molecular formula is C68H54Br4F18N14O12Y2-4. The maximum atomic E-state index is 13.2. The van der Waals surface area contributed by atoms with Crippen LogP contribution in [0.4, 0.5) is 136 Å². The molecule has 0 aliphatic heterocycles. The molecule has 0 spiro atoms. The Morgan fingerprint density at radius 1 is 0.254 bits per heavy atom. The number of benzene rings is 7. The first-order chi connectivity index (χ1) is 53.0. The molecule has 0 amide bonds. The minimum atomic E-state index is -1.57.